The molecule has 1 aliphatic rings. The van der Waals surface area contributed by atoms with Gasteiger partial charge in [-0.1, -0.05) is 19.1 Å². The predicted octanol–water partition coefficient (Wildman–Crippen LogP) is 2.49. The average molecular weight is 358 g/mol. The van der Waals surface area contributed by atoms with Gasteiger partial charge in [0.2, 0.25) is 18.6 Å². The smallest absolute Gasteiger partial charge is 0.243 e. The average Bonchev–Trinajstić information content (AvgIpc) is 3.09. The van der Waals surface area contributed by atoms with Crippen LogP contribution in [0, 0.1) is 11.7 Å². The number of rotatable bonds is 6. The van der Waals surface area contributed by atoms with Crippen molar-refractivity contribution in [1.29, 1.82) is 0 Å². The number of hydrogen-bond acceptors (Lipinski definition) is 4. The van der Waals surface area contributed by atoms with Crippen LogP contribution in [0.4, 0.5) is 10.1 Å². The molecule has 2 aromatic rings. The molecule has 3 rings (SSSR count). The van der Waals surface area contributed by atoms with E-state index in [-0.39, 0.29) is 36.9 Å². The lowest BCUT2D eigenvalue weighted by Gasteiger charge is -2.12. The third-order valence-corrected chi connectivity index (χ3v) is 3.98. The molecule has 0 bridgehead atoms. The zero-order chi connectivity index (χ0) is 18.5. The Morgan fingerprint density at radius 2 is 1.85 bits per heavy atom. The Labute approximate surface area is 150 Å². The van der Waals surface area contributed by atoms with Gasteiger partial charge in [0.15, 0.2) is 11.5 Å². The molecule has 0 saturated carbocycles. The maximum Gasteiger partial charge on any atom is 0.243 e. The van der Waals surface area contributed by atoms with Crippen molar-refractivity contribution < 1.29 is 23.5 Å². The summed E-state index contributed by atoms with van der Waals surface area (Å²) in [7, 11) is 0. The van der Waals surface area contributed by atoms with E-state index in [1.54, 1.807) is 37.3 Å². The van der Waals surface area contributed by atoms with Crippen LogP contribution in [0.1, 0.15) is 12.5 Å². The molecule has 1 unspecified atom stereocenters. The minimum Gasteiger partial charge on any atom is -0.454 e. The first-order chi connectivity index (χ1) is 12.5. The number of hydrogen-bond donors (Lipinski definition) is 2. The van der Waals surface area contributed by atoms with Gasteiger partial charge in [-0.05, 0) is 36.2 Å². The summed E-state index contributed by atoms with van der Waals surface area (Å²) in [5.74, 6) is -0.0307. The number of fused-ring (bicyclic) bond motifs is 1. The van der Waals surface area contributed by atoms with Crippen molar-refractivity contribution in [2.24, 2.45) is 5.92 Å². The molecule has 1 heterocycles. The van der Waals surface area contributed by atoms with Gasteiger partial charge < -0.3 is 20.1 Å². The van der Waals surface area contributed by atoms with Gasteiger partial charge >= 0.3 is 0 Å². The normalized spacial score (nSPS) is 13.2. The van der Waals surface area contributed by atoms with Gasteiger partial charge in [0, 0.05) is 17.7 Å². The fourth-order valence-corrected chi connectivity index (χ4v) is 2.59. The Balaban J connectivity index is 1.46. The second kappa shape index (κ2) is 7.86. The summed E-state index contributed by atoms with van der Waals surface area (Å²) in [5.41, 5.74) is 1.42. The summed E-state index contributed by atoms with van der Waals surface area (Å²) in [5, 5.41) is 5.30. The fourth-order valence-electron chi connectivity index (χ4n) is 2.59. The monoisotopic (exact) mass is 358 g/mol. The standard InChI is InChI=1S/C19H19FN2O4/c1-12(8-13-2-4-14(20)5-3-13)19(24)21-10-18(23)22-15-6-7-16-17(9-15)26-11-25-16/h2-7,9,12H,8,10-11H2,1H3,(H,21,24)(H,22,23). The lowest BCUT2D eigenvalue weighted by molar-refractivity contribution is -0.126. The lowest BCUT2D eigenvalue weighted by atomic mass is 10.0. The topological polar surface area (TPSA) is 76.7 Å². The molecular formula is C19H19FN2O4. The Morgan fingerprint density at radius 3 is 2.62 bits per heavy atom. The van der Waals surface area contributed by atoms with Crippen LogP contribution in [0.25, 0.3) is 0 Å². The van der Waals surface area contributed by atoms with Crippen LogP contribution < -0.4 is 20.1 Å². The number of anilines is 1. The highest BCUT2D eigenvalue weighted by Crippen LogP contribution is 2.34. The summed E-state index contributed by atoms with van der Waals surface area (Å²) >= 11 is 0. The predicted molar refractivity (Wildman–Crippen MR) is 93.5 cm³/mol. The molecule has 26 heavy (non-hydrogen) atoms. The Morgan fingerprint density at radius 1 is 1.12 bits per heavy atom. The van der Waals surface area contributed by atoms with Crippen molar-refractivity contribution in [2.45, 2.75) is 13.3 Å². The minimum absolute atomic E-state index is 0.138. The highest BCUT2D eigenvalue weighted by atomic mass is 19.1. The van der Waals surface area contributed by atoms with E-state index in [4.69, 9.17) is 9.47 Å². The van der Waals surface area contributed by atoms with E-state index in [2.05, 4.69) is 10.6 Å². The van der Waals surface area contributed by atoms with Gasteiger partial charge in [-0.15, -0.1) is 0 Å². The van der Waals surface area contributed by atoms with Gasteiger partial charge in [0.1, 0.15) is 5.82 Å². The zero-order valence-corrected chi connectivity index (χ0v) is 14.3. The molecule has 0 radical (unpaired) electrons. The maximum atomic E-state index is 12.9. The third kappa shape index (κ3) is 4.50. The van der Waals surface area contributed by atoms with Gasteiger partial charge in [0.25, 0.3) is 0 Å². The first kappa shape index (κ1) is 17.7. The molecule has 0 spiro atoms. The molecule has 1 atom stereocenters. The van der Waals surface area contributed by atoms with E-state index < -0.39 is 0 Å². The summed E-state index contributed by atoms with van der Waals surface area (Å²) in [4.78, 5) is 24.1. The third-order valence-electron chi connectivity index (χ3n) is 3.98. The molecule has 2 N–H and O–H groups in total. The summed E-state index contributed by atoms with van der Waals surface area (Å²) < 4.78 is 23.4. The maximum absolute atomic E-state index is 12.9. The molecular weight excluding hydrogens is 339 g/mol. The number of nitrogens with one attached hydrogen (secondary N) is 2. The van der Waals surface area contributed by atoms with Crippen LogP contribution in [0.2, 0.25) is 0 Å². The van der Waals surface area contributed by atoms with Crippen molar-refractivity contribution >= 4 is 17.5 Å². The molecule has 1 aliphatic heterocycles. The summed E-state index contributed by atoms with van der Waals surface area (Å²) in [6, 6.07) is 11.1. The van der Waals surface area contributed by atoms with E-state index in [0.29, 0.717) is 23.6 Å². The largest absolute Gasteiger partial charge is 0.454 e. The van der Waals surface area contributed by atoms with E-state index in [9.17, 15) is 14.0 Å². The van der Waals surface area contributed by atoms with Crippen LogP contribution in [-0.2, 0) is 16.0 Å². The number of ether oxygens (including phenoxy) is 2. The quantitative estimate of drug-likeness (QED) is 0.832. The van der Waals surface area contributed by atoms with Crippen LogP contribution in [-0.4, -0.2) is 25.2 Å². The minimum atomic E-state index is -0.341. The van der Waals surface area contributed by atoms with Crippen LogP contribution in [0.5, 0.6) is 11.5 Å². The van der Waals surface area contributed by atoms with Gasteiger partial charge in [-0.3, -0.25) is 9.59 Å². The van der Waals surface area contributed by atoms with Crippen molar-refractivity contribution in [3.63, 3.8) is 0 Å². The number of amides is 2. The molecule has 136 valence electrons. The molecule has 2 amide bonds. The highest BCUT2D eigenvalue weighted by molar-refractivity contribution is 5.95. The Kier molecular flexibility index (Phi) is 5.36. The van der Waals surface area contributed by atoms with Crippen molar-refractivity contribution in [1.82, 2.24) is 5.32 Å². The molecule has 2 aromatic carbocycles. The molecule has 0 fully saturated rings. The fraction of sp³-hybridized carbons (Fsp3) is 0.263. The molecule has 6 nitrogen and oxygen atoms in total. The number of carbonyl (C=O) groups is 2. The van der Waals surface area contributed by atoms with Crippen molar-refractivity contribution in [2.75, 3.05) is 18.7 Å². The van der Waals surface area contributed by atoms with Crippen LogP contribution in [0.3, 0.4) is 0 Å². The number of benzene rings is 2. The van der Waals surface area contributed by atoms with E-state index in [1.807, 2.05) is 0 Å². The van der Waals surface area contributed by atoms with Crippen LogP contribution >= 0.6 is 0 Å². The number of halogens is 1. The Hall–Kier alpha value is -3.09. The molecule has 0 saturated heterocycles. The highest BCUT2D eigenvalue weighted by Gasteiger charge is 2.16. The molecule has 0 aliphatic carbocycles. The first-order valence-electron chi connectivity index (χ1n) is 8.23. The molecule has 7 heteroatoms. The summed E-state index contributed by atoms with van der Waals surface area (Å²) in [6.45, 7) is 1.78. The van der Waals surface area contributed by atoms with Gasteiger partial charge in [-0.25, -0.2) is 4.39 Å². The van der Waals surface area contributed by atoms with Gasteiger partial charge in [0.05, 0.1) is 6.54 Å². The van der Waals surface area contributed by atoms with E-state index >= 15 is 0 Å². The van der Waals surface area contributed by atoms with Crippen LogP contribution in [0.15, 0.2) is 42.5 Å². The second-order valence-corrected chi connectivity index (χ2v) is 6.07. The first-order valence-corrected chi connectivity index (χ1v) is 8.23. The van der Waals surface area contributed by atoms with Crippen molar-refractivity contribution in [3.8, 4) is 11.5 Å². The van der Waals surface area contributed by atoms with Gasteiger partial charge in [-0.2, -0.15) is 0 Å². The lowest BCUT2D eigenvalue weighted by Crippen LogP contribution is -2.36. The molecule has 0 aromatic heterocycles. The van der Waals surface area contributed by atoms with E-state index in [0.717, 1.165) is 5.56 Å². The second-order valence-electron chi connectivity index (χ2n) is 6.07. The number of carbonyl (C=O) groups excluding carboxylic acids is 2. The zero-order valence-electron chi connectivity index (χ0n) is 14.3. The SMILES string of the molecule is CC(Cc1ccc(F)cc1)C(=O)NCC(=O)Nc1ccc2c(c1)OCO2. The van der Waals surface area contributed by atoms with E-state index in [1.165, 1.54) is 12.1 Å². The Bertz CT molecular complexity index is 808. The summed E-state index contributed by atoms with van der Waals surface area (Å²) in [6.07, 6.45) is 0.468. The van der Waals surface area contributed by atoms with Crippen molar-refractivity contribution in [3.05, 3.63) is 53.8 Å².